The maximum absolute atomic E-state index is 4.48. The molecule has 1 aliphatic heterocycles. The molecule has 0 amide bonds. The highest BCUT2D eigenvalue weighted by atomic mass is 15.3. The molecule has 2 aromatic carbocycles. The van der Waals surface area contributed by atoms with E-state index in [-0.39, 0.29) is 0 Å². The van der Waals surface area contributed by atoms with E-state index in [2.05, 4.69) is 64.0 Å². The van der Waals surface area contributed by atoms with Crippen LogP contribution in [0.1, 0.15) is 24.4 Å². The lowest BCUT2D eigenvalue weighted by molar-refractivity contribution is 0.256. The Bertz CT molecular complexity index is 776. The van der Waals surface area contributed by atoms with Crippen LogP contribution in [0, 0.1) is 0 Å². The lowest BCUT2D eigenvalue weighted by Gasteiger charge is -2.28. The SMILES string of the molecule is c1ccc(C(CNc2cnn(-c3ccccc3)c2)N2CCCC2)cc1. The summed E-state index contributed by atoms with van der Waals surface area (Å²) in [6.07, 6.45) is 6.56. The normalized spacial score (nSPS) is 16.0. The van der Waals surface area contributed by atoms with Gasteiger partial charge in [0.05, 0.1) is 29.8 Å². The minimum absolute atomic E-state index is 0.406. The highest BCUT2D eigenvalue weighted by Crippen LogP contribution is 2.25. The van der Waals surface area contributed by atoms with E-state index in [0.717, 1.165) is 17.9 Å². The molecule has 1 fully saturated rings. The first kappa shape index (κ1) is 15.9. The molecule has 1 aliphatic rings. The number of para-hydroxylation sites is 1. The predicted octanol–water partition coefficient (Wildman–Crippen LogP) is 4.12. The van der Waals surface area contributed by atoms with Crippen molar-refractivity contribution in [3.8, 4) is 5.69 Å². The van der Waals surface area contributed by atoms with E-state index < -0.39 is 0 Å². The molecule has 128 valence electrons. The van der Waals surface area contributed by atoms with Crippen molar-refractivity contribution in [2.24, 2.45) is 0 Å². The second-order valence-corrected chi connectivity index (χ2v) is 6.56. The van der Waals surface area contributed by atoms with Crippen LogP contribution in [0.3, 0.4) is 0 Å². The van der Waals surface area contributed by atoms with Gasteiger partial charge in [-0.1, -0.05) is 48.5 Å². The first-order chi connectivity index (χ1) is 12.4. The van der Waals surface area contributed by atoms with Gasteiger partial charge in [-0.2, -0.15) is 5.10 Å². The third kappa shape index (κ3) is 3.74. The van der Waals surface area contributed by atoms with Crippen molar-refractivity contribution in [1.82, 2.24) is 14.7 Å². The zero-order chi connectivity index (χ0) is 16.9. The highest BCUT2D eigenvalue weighted by Gasteiger charge is 2.23. The Hall–Kier alpha value is -2.59. The number of hydrogen-bond acceptors (Lipinski definition) is 3. The fraction of sp³-hybridized carbons (Fsp3) is 0.286. The fourth-order valence-corrected chi connectivity index (χ4v) is 3.54. The molecular formula is C21H24N4. The van der Waals surface area contributed by atoms with E-state index >= 15 is 0 Å². The maximum atomic E-state index is 4.48. The molecule has 1 saturated heterocycles. The number of nitrogens with zero attached hydrogens (tertiary/aromatic N) is 3. The monoisotopic (exact) mass is 332 g/mol. The Labute approximate surface area is 149 Å². The van der Waals surface area contributed by atoms with Crippen LogP contribution >= 0.6 is 0 Å². The first-order valence-corrected chi connectivity index (χ1v) is 9.03. The van der Waals surface area contributed by atoms with Crippen LogP contribution in [-0.4, -0.2) is 34.3 Å². The number of rotatable bonds is 6. The average Bonchev–Trinajstić information content (AvgIpc) is 3.36. The lowest BCUT2D eigenvalue weighted by Crippen LogP contribution is -2.30. The molecule has 1 N–H and O–H groups in total. The van der Waals surface area contributed by atoms with Crippen molar-refractivity contribution in [1.29, 1.82) is 0 Å². The molecule has 1 aromatic heterocycles. The van der Waals surface area contributed by atoms with Crippen LogP contribution in [0.5, 0.6) is 0 Å². The number of anilines is 1. The van der Waals surface area contributed by atoms with Gasteiger partial charge in [0.2, 0.25) is 0 Å². The quantitative estimate of drug-likeness (QED) is 0.737. The summed E-state index contributed by atoms with van der Waals surface area (Å²) in [5.41, 5.74) is 3.52. The number of benzene rings is 2. The Balaban J connectivity index is 1.47. The number of hydrogen-bond donors (Lipinski definition) is 1. The summed E-state index contributed by atoms with van der Waals surface area (Å²) in [7, 11) is 0. The van der Waals surface area contributed by atoms with Crippen molar-refractivity contribution in [2.75, 3.05) is 25.0 Å². The molecule has 25 heavy (non-hydrogen) atoms. The van der Waals surface area contributed by atoms with Gasteiger partial charge in [0.25, 0.3) is 0 Å². The first-order valence-electron chi connectivity index (χ1n) is 9.03. The van der Waals surface area contributed by atoms with Gasteiger partial charge in [-0.3, -0.25) is 4.90 Å². The molecule has 4 nitrogen and oxygen atoms in total. The third-order valence-corrected chi connectivity index (χ3v) is 4.87. The second kappa shape index (κ2) is 7.53. The van der Waals surface area contributed by atoms with E-state index in [4.69, 9.17) is 0 Å². The summed E-state index contributed by atoms with van der Waals surface area (Å²) in [6, 6.07) is 21.4. The molecule has 3 aromatic rings. The molecule has 2 heterocycles. The molecule has 0 radical (unpaired) electrons. The van der Waals surface area contributed by atoms with Gasteiger partial charge in [-0.05, 0) is 43.6 Å². The summed E-state index contributed by atoms with van der Waals surface area (Å²) in [6.45, 7) is 3.26. The van der Waals surface area contributed by atoms with E-state index in [0.29, 0.717) is 6.04 Å². The Morgan fingerprint density at radius 2 is 1.60 bits per heavy atom. The molecular weight excluding hydrogens is 308 g/mol. The van der Waals surface area contributed by atoms with Crippen molar-refractivity contribution in [3.05, 3.63) is 78.6 Å². The van der Waals surface area contributed by atoms with Crippen molar-refractivity contribution >= 4 is 5.69 Å². The van der Waals surface area contributed by atoms with Crippen LogP contribution in [0.4, 0.5) is 5.69 Å². The third-order valence-electron chi connectivity index (χ3n) is 4.87. The number of aromatic nitrogens is 2. The summed E-state index contributed by atoms with van der Waals surface area (Å²) >= 11 is 0. The van der Waals surface area contributed by atoms with Gasteiger partial charge in [-0.25, -0.2) is 4.68 Å². The topological polar surface area (TPSA) is 33.1 Å². The van der Waals surface area contributed by atoms with Gasteiger partial charge in [0.1, 0.15) is 0 Å². The van der Waals surface area contributed by atoms with E-state index in [1.807, 2.05) is 29.1 Å². The maximum Gasteiger partial charge on any atom is 0.0731 e. The van der Waals surface area contributed by atoms with E-state index in [1.165, 1.54) is 31.5 Å². The molecule has 0 saturated carbocycles. The van der Waals surface area contributed by atoms with Crippen molar-refractivity contribution < 1.29 is 0 Å². The number of likely N-dealkylation sites (tertiary alicyclic amines) is 1. The molecule has 4 rings (SSSR count). The Morgan fingerprint density at radius 3 is 2.32 bits per heavy atom. The summed E-state index contributed by atoms with van der Waals surface area (Å²) < 4.78 is 1.91. The van der Waals surface area contributed by atoms with Crippen LogP contribution in [0.25, 0.3) is 5.69 Å². The lowest BCUT2D eigenvalue weighted by atomic mass is 10.1. The standard InChI is InChI=1S/C21H24N4/c1-3-9-18(10-4-1)21(24-13-7-8-14-24)16-22-19-15-23-25(17-19)20-11-5-2-6-12-20/h1-6,9-12,15,17,21-22H,7-8,13-14,16H2. The molecule has 0 aliphatic carbocycles. The molecule has 4 heteroatoms. The van der Waals surface area contributed by atoms with Crippen LogP contribution < -0.4 is 5.32 Å². The van der Waals surface area contributed by atoms with Gasteiger partial charge < -0.3 is 5.32 Å². The summed E-state index contributed by atoms with van der Waals surface area (Å²) in [5.74, 6) is 0. The predicted molar refractivity (Wildman–Crippen MR) is 102 cm³/mol. The van der Waals surface area contributed by atoms with E-state index in [1.54, 1.807) is 0 Å². The Morgan fingerprint density at radius 1 is 0.920 bits per heavy atom. The highest BCUT2D eigenvalue weighted by molar-refractivity contribution is 5.42. The number of nitrogens with one attached hydrogen (secondary N) is 1. The molecule has 1 unspecified atom stereocenters. The van der Waals surface area contributed by atoms with Gasteiger partial charge in [-0.15, -0.1) is 0 Å². The zero-order valence-electron chi connectivity index (χ0n) is 14.4. The largest absolute Gasteiger partial charge is 0.381 e. The Kier molecular flexibility index (Phi) is 4.79. The summed E-state index contributed by atoms with van der Waals surface area (Å²) in [5, 5.41) is 8.06. The minimum Gasteiger partial charge on any atom is -0.381 e. The van der Waals surface area contributed by atoms with Gasteiger partial charge in [0, 0.05) is 6.54 Å². The van der Waals surface area contributed by atoms with Crippen LogP contribution in [0.2, 0.25) is 0 Å². The van der Waals surface area contributed by atoms with Crippen LogP contribution in [0.15, 0.2) is 73.1 Å². The van der Waals surface area contributed by atoms with Crippen molar-refractivity contribution in [2.45, 2.75) is 18.9 Å². The molecule has 1 atom stereocenters. The van der Waals surface area contributed by atoms with E-state index in [9.17, 15) is 0 Å². The molecule has 0 spiro atoms. The van der Waals surface area contributed by atoms with Crippen molar-refractivity contribution in [3.63, 3.8) is 0 Å². The van der Waals surface area contributed by atoms with Crippen LogP contribution in [-0.2, 0) is 0 Å². The average molecular weight is 332 g/mol. The summed E-state index contributed by atoms with van der Waals surface area (Å²) in [4.78, 5) is 2.59. The molecule has 0 bridgehead atoms. The zero-order valence-corrected chi connectivity index (χ0v) is 14.4. The van der Waals surface area contributed by atoms with Gasteiger partial charge in [0.15, 0.2) is 0 Å². The smallest absolute Gasteiger partial charge is 0.0731 e. The van der Waals surface area contributed by atoms with Gasteiger partial charge >= 0.3 is 0 Å². The second-order valence-electron chi connectivity index (χ2n) is 6.56. The minimum atomic E-state index is 0.406. The fourth-order valence-electron chi connectivity index (χ4n) is 3.54.